The Bertz CT molecular complexity index is 423. The molecule has 0 aromatic carbocycles. The van der Waals surface area contributed by atoms with Crippen LogP contribution in [0.2, 0.25) is 0 Å². The lowest BCUT2D eigenvalue weighted by Gasteiger charge is -2.19. The van der Waals surface area contributed by atoms with Crippen molar-refractivity contribution in [1.82, 2.24) is 15.1 Å². The second-order valence-corrected chi connectivity index (χ2v) is 6.35. The minimum Gasteiger partial charge on any atom is -0.359 e. The van der Waals surface area contributed by atoms with Crippen molar-refractivity contribution in [2.24, 2.45) is 0 Å². The van der Waals surface area contributed by atoms with Crippen molar-refractivity contribution in [3.63, 3.8) is 0 Å². The summed E-state index contributed by atoms with van der Waals surface area (Å²) < 4.78 is 28.2. The van der Waals surface area contributed by atoms with Crippen LogP contribution in [-0.2, 0) is 14.9 Å². The van der Waals surface area contributed by atoms with E-state index in [0.717, 1.165) is 13.2 Å². The molecule has 124 valence electrons. The van der Waals surface area contributed by atoms with Gasteiger partial charge in [0.15, 0.2) is 0 Å². The Morgan fingerprint density at radius 1 is 1.29 bits per heavy atom. The number of unbranched alkanes of at least 4 members (excludes halogenated alkanes) is 1. The van der Waals surface area contributed by atoms with Crippen molar-refractivity contribution in [2.45, 2.75) is 33.6 Å². The molecule has 0 unspecified atom stereocenters. The van der Waals surface area contributed by atoms with Gasteiger partial charge in [0.25, 0.3) is 10.1 Å². The minimum absolute atomic E-state index is 0.0475. The number of amides is 1. The first-order valence-corrected chi connectivity index (χ1v) is 8.75. The molecule has 1 aliphatic rings. The van der Waals surface area contributed by atoms with Crippen LogP contribution in [0.5, 0.6) is 0 Å². The Hall–Kier alpha value is -1.28. The van der Waals surface area contributed by atoms with Gasteiger partial charge in [-0.05, 0) is 13.3 Å². The molecule has 2 N–H and O–H groups in total. The summed E-state index contributed by atoms with van der Waals surface area (Å²) in [6.07, 6.45) is 6.97. The Morgan fingerprint density at radius 3 is 2.33 bits per heavy atom. The van der Waals surface area contributed by atoms with Crippen molar-refractivity contribution in [3.8, 4) is 0 Å². The van der Waals surface area contributed by atoms with Gasteiger partial charge >= 0.3 is 0 Å². The van der Waals surface area contributed by atoms with Gasteiger partial charge < -0.3 is 15.1 Å². The summed E-state index contributed by atoms with van der Waals surface area (Å²) in [6.45, 7) is 9.07. The molecule has 0 fully saturated rings. The highest BCUT2D eigenvalue weighted by molar-refractivity contribution is 7.85. The Kier molecular flexibility index (Phi) is 9.81. The van der Waals surface area contributed by atoms with Crippen LogP contribution in [0.15, 0.2) is 12.4 Å². The third-order valence-electron chi connectivity index (χ3n) is 2.79. The lowest BCUT2D eigenvalue weighted by atomic mass is 10.3. The molecule has 0 spiro atoms. The molecule has 1 rings (SSSR count). The van der Waals surface area contributed by atoms with Gasteiger partial charge in [0.2, 0.25) is 5.91 Å². The average Bonchev–Trinajstić information content (AvgIpc) is 2.83. The van der Waals surface area contributed by atoms with E-state index in [1.807, 2.05) is 0 Å². The second kappa shape index (κ2) is 10.4. The van der Waals surface area contributed by atoms with Crippen LogP contribution in [0.1, 0.15) is 33.6 Å². The van der Waals surface area contributed by atoms with Crippen molar-refractivity contribution in [3.05, 3.63) is 12.4 Å². The third-order valence-corrected chi connectivity index (χ3v) is 3.51. The fourth-order valence-corrected chi connectivity index (χ4v) is 1.94. The largest absolute Gasteiger partial charge is 0.359 e. The summed E-state index contributed by atoms with van der Waals surface area (Å²) in [5, 5.41) is 2.22. The third kappa shape index (κ3) is 12.2. The van der Waals surface area contributed by atoms with E-state index in [1.165, 1.54) is 26.3 Å². The van der Waals surface area contributed by atoms with Crippen LogP contribution in [0.4, 0.5) is 0 Å². The highest BCUT2D eigenvalue weighted by Gasteiger charge is 2.08. The molecule has 1 amide bonds. The molecule has 0 aromatic heterocycles. The maximum atomic E-state index is 10.1. The molecular weight excluding hydrogens is 294 g/mol. The number of nitrogens with one attached hydrogen (secondary N) is 1. The van der Waals surface area contributed by atoms with Gasteiger partial charge in [0.1, 0.15) is 0 Å². The van der Waals surface area contributed by atoms with E-state index < -0.39 is 15.9 Å². The monoisotopic (exact) mass is 321 g/mol. The Balaban J connectivity index is 0.000000384. The highest BCUT2D eigenvalue weighted by atomic mass is 32.2. The fourth-order valence-electron chi connectivity index (χ4n) is 1.58. The summed E-state index contributed by atoms with van der Waals surface area (Å²) in [5.74, 6) is -0.754. The lowest BCUT2D eigenvalue weighted by molar-refractivity contribution is -0.118. The van der Waals surface area contributed by atoms with E-state index in [2.05, 4.69) is 41.4 Å². The van der Waals surface area contributed by atoms with Gasteiger partial charge in [-0.3, -0.25) is 9.35 Å². The average molecular weight is 321 g/mol. The topological polar surface area (TPSA) is 89.9 Å². The predicted octanol–water partition coefficient (Wildman–Crippen LogP) is 0.863. The van der Waals surface area contributed by atoms with Gasteiger partial charge in [0.05, 0.1) is 12.4 Å². The molecule has 0 saturated carbocycles. The normalized spacial score (nSPS) is 13.9. The standard InChI is InChI=1S/C9H18N2.C4H9NO4S/c1-3-5-6-11-8-7-10(4-2)9-11;1-4(6)5-2-3-10(7,8)9/h7-8H,3-6,9H2,1-2H3;2-3H2,1H3,(H,5,6)(H,7,8,9). The number of carbonyl (C=O) groups is 1. The number of hydrogen-bond acceptors (Lipinski definition) is 5. The van der Waals surface area contributed by atoms with Gasteiger partial charge in [-0.25, -0.2) is 0 Å². The Morgan fingerprint density at radius 2 is 1.90 bits per heavy atom. The molecule has 0 atom stereocenters. The van der Waals surface area contributed by atoms with Gasteiger partial charge in [-0.15, -0.1) is 0 Å². The van der Waals surface area contributed by atoms with E-state index in [4.69, 9.17) is 4.55 Å². The van der Waals surface area contributed by atoms with Crippen molar-refractivity contribution in [2.75, 3.05) is 32.1 Å². The first-order valence-electron chi connectivity index (χ1n) is 7.14. The highest BCUT2D eigenvalue weighted by Crippen LogP contribution is 2.06. The van der Waals surface area contributed by atoms with Crippen LogP contribution >= 0.6 is 0 Å². The first kappa shape index (κ1) is 19.7. The maximum Gasteiger partial charge on any atom is 0.266 e. The van der Waals surface area contributed by atoms with Crippen LogP contribution in [0.3, 0.4) is 0 Å². The van der Waals surface area contributed by atoms with Crippen molar-refractivity contribution in [1.29, 1.82) is 0 Å². The van der Waals surface area contributed by atoms with Crippen molar-refractivity contribution < 1.29 is 17.8 Å². The summed E-state index contributed by atoms with van der Waals surface area (Å²) in [7, 11) is -3.93. The number of carbonyl (C=O) groups excluding carboxylic acids is 1. The van der Waals surface area contributed by atoms with E-state index in [1.54, 1.807) is 0 Å². The van der Waals surface area contributed by atoms with E-state index in [-0.39, 0.29) is 12.5 Å². The lowest BCUT2D eigenvalue weighted by Crippen LogP contribution is -2.26. The minimum atomic E-state index is -3.93. The molecule has 21 heavy (non-hydrogen) atoms. The first-order chi connectivity index (χ1) is 9.78. The molecular formula is C13H27N3O4S. The van der Waals surface area contributed by atoms with Gasteiger partial charge in [-0.1, -0.05) is 13.3 Å². The van der Waals surface area contributed by atoms with E-state index >= 15 is 0 Å². The zero-order valence-electron chi connectivity index (χ0n) is 13.1. The molecule has 0 saturated heterocycles. The summed E-state index contributed by atoms with van der Waals surface area (Å²) in [6, 6.07) is 0. The molecule has 8 heteroatoms. The van der Waals surface area contributed by atoms with Gasteiger partial charge in [-0.2, -0.15) is 8.42 Å². The maximum absolute atomic E-state index is 10.1. The van der Waals surface area contributed by atoms with Crippen LogP contribution in [0, 0.1) is 0 Å². The quantitative estimate of drug-likeness (QED) is 0.676. The SMILES string of the molecule is CC(=O)NCCS(=O)(=O)O.CCCCN1C=CN(CC)C1. The predicted molar refractivity (Wildman–Crippen MR) is 83.1 cm³/mol. The molecule has 0 radical (unpaired) electrons. The smallest absolute Gasteiger partial charge is 0.266 e. The summed E-state index contributed by atoms with van der Waals surface area (Å²) >= 11 is 0. The van der Waals surface area contributed by atoms with Crippen molar-refractivity contribution >= 4 is 16.0 Å². The van der Waals surface area contributed by atoms with Crippen LogP contribution in [0.25, 0.3) is 0 Å². The molecule has 7 nitrogen and oxygen atoms in total. The molecule has 1 heterocycles. The zero-order valence-corrected chi connectivity index (χ0v) is 13.9. The molecule has 0 aromatic rings. The van der Waals surface area contributed by atoms with Gasteiger partial charge in [0, 0.05) is 39.0 Å². The number of rotatable bonds is 7. The zero-order chi connectivity index (χ0) is 16.3. The summed E-state index contributed by atoms with van der Waals surface area (Å²) in [5.41, 5.74) is 0. The van der Waals surface area contributed by atoms with E-state index in [0.29, 0.717) is 0 Å². The number of hydrogen-bond donors (Lipinski definition) is 2. The Labute approximate surface area is 127 Å². The van der Waals surface area contributed by atoms with E-state index in [9.17, 15) is 13.2 Å². The molecule has 0 aliphatic carbocycles. The molecule has 1 aliphatic heterocycles. The number of nitrogens with zero attached hydrogens (tertiary/aromatic N) is 2. The van der Waals surface area contributed by atoms with Crippen LogP contribution < -0.4 is 5.32 Å². The fraction of sp³-hybridized carbons (Fsp3) is 0.769. The second-order valence-electron chi connectivity index (χ2n) is 4.78. The van der Waals surface area contributed by atoms with Crippen LogP contribution in [-0.4, -0.2) is 60.7 Å². The molecule has 0 bridgehead atoms. The summed E-state index contributed by atoms with van der Waals surface area (Å²) in [4.78, 5) is 14.8.